The van der Waals surface area contributed by atoms with Crippen LogP contribution < -0.4 is 28.3 Å². The number of aliphatic carboxylic acids is 5. The van der Waals surface area contributed by atoms with Crippen LogP contribution >= 0.6 is 0 Å². The molecule has 0 radical (unpaired) electrons. The van der Waals surface area contributed by atoms with Gasteiger partial charge in [0.1, 0.15) is 6.04 Å². The lowest BCUT2D eigenvalue weighted by Gasteiger charge is -2.49. The van der Waals surface area contributed by atoms with Crippen molar-refractivity contribution in [3.63, 3.8) is 0 Å². The lowest BCUT2D eigenvalue weighted by Crippen LogP contribution is -2.88. The summed E-state index contributed by atoms with van der Waals surface area (Å²) in [4.78, 5) is 67.8. The van der Waals surface area contributed by atoms with E-state index >= 15 is 0 Å². The molecule has 0 spiro atoms. The number of carboxylic acids is 5. The molecule has 1 aliphatic rings. The molecule has 0 aromatic rings. The molecule has 0 aromatic carbocycles. The highest BCUT2D eigenvalue weighted by Gasteiger charge is 2.79. The van der Waals surface area contributed by atoms with Crippen LogP contribution in [0.15, 0.2) is 0 Å². The van der Waals surface area contributed by atoms with Crippen LogP contribution in [0.25, 0.3) is 0 Å². The molecule has 25 nitrogen and oxygen atoms in total. The van der Waals surface area contributed by atoms with Crippen molar-refractivity contribution in [1.82, 2.24) is 10.2 Å². The first-order valence-corrected chi connectivity index (χ1v) is 8.45. The first-order valence-electron chi connectivity index (χ1n) is 8.45. The molecular weight excluding hydrogens is 556 g/mol. The summed E-state index contributed by atoms with van der Waals surface area (Å²) in [6.45, 7) is 1.06. The summed E-state index contributed by atoms with van der Waals surface area (Å²) in [5.41, 5.74) is 11.5. The number of nitrogens with one attached hydrogen (secondary N) is 1. The highest BCUT2D eigenvalue weighted by molar-refractivity contribution is 6.21. The highest BCUT2D eigenvalue weighted by atomic mass is 16.4. The van der Waals surface area contributed by atoms with Crippen LogP contribution in [0, 0.1) is 0 Å². The number of piperazine rings is 1. The van der Waals surface area contributed by atoms with Gasteiger partial charge in [-0.15, -0.1) is 0 Å². The van der Waals surface area contributed by atoms with Gasteiger partial charge in [0, 0.05) is 26.2 Å². The van der Waals surface area contributed by atoms with Crippen LogP contribution in [0.5, 0.6) is 0 Å². The van der Waals surface area contributed by atoms with Gasteiger partial charge in [0.2, 0.25) is 0 Å². The lowest BCUT2D eigenvalue weighted by atomic mass is 9.72. The van der Waals surface area contributed by atoms with E-state index in [2.05, 4.69) is 0 Å². The smallest absolute Gasteiger partial charge is 0.408 e. The van der Waals surface area contributed by atoms with Gasteiger partial charge < -0.3 is 91.9 Å². The molecule has 1 saturated heterocycles. The molecule has 29 N–H and O–H groups in total. The Kier molecular flexibility index (Phi) is 39.6. The van der Waals surface area contributed by atoms with Crippen molar-refractivity contribution in [2.75, 3.05) is 32.7 Å². The first kappa shape index (κ1) is 59.9. The topological polar surface area (TPSA) is 564 Å². The van der Waals surface area contributed by atoms with Crippen LogP contribution in [0.2, 0.25) is 0 Å². The molecule has 39 heavy (non-hydrogen) atoms. The minimum atomic E-state index is -4.07. The van der Waals surface area contributed by atoms with E-state index in [-0.39, 0.29) is 38.3 Å². The SMILES string of the molecule is NCCN.NCCN.O.O.O.O.O.O.O.O=C(O)C1CN(C(=O)O)C(C(=O)O)(C(=O)O)C(C(=O)O)(C(=O)O)N1. The Bertz CT molecular complexity index is 701. The predicted octanol–water partition coefficient (Wildman–Crippen LogP) is -11.1. The van der Waals surface area contributed by atoms with Crippen LogP contribution in [0.1, 0.15) is 0 Å². The molecule has 1 unspecified atom stereocenters. The molecular formula is C14H40N6O19. The third kappa shape index (κ3) is 12.0. The van der Waals surface area contributed by atoms with Gasteiger partial charge in [0.05, 0.1) is 6.54 Å². The Hall–Kier alpha value is -3.86. The van der Waals surface area contributed by atoms with Crippen molar-refractivity contribution in [2.24, 2.45) is 22.9 Å². The van der Waals surface area contributed by atoms with Crippen LogP contribution in [0.3, 0.4) is 0 Å². The Morgan fingerprint density at radius 2 is 0.897 bits per heavy atom. The van der Waals surface area contributed by atoms with Crippen molar-refractivity contribution < 1.29 is 97.7 Å². The number of amides is 1. The molecule has 1 atom stereocenters. The molecule has 1 rings (SSSR count). The summed E-state index contributed by atoms with van der Waals surface area (Å²) < 4.78 is 0. The van der Waals surface area contributed by atoms with Gasteiger partial charge in [-0.2, -0.15) is 0 Å². The Labute approximate surface area is 217 Å². The van der Waals surface area contributed by atoms with Gasteiger partial charge in [-0.3, -0.25) is 15.0 Å². The second-order valence-corrected chi connectivity index (χ2v) is 5.76. The molecule has 25 heteroatoms. The van der Waals surface area contributed by atoms with E-state index in [9.17, 15) is 49.2 Å². The van der Waals surface area contributed by atoms with Crippen molar-refractivity contribution in [1.29, 1.82) is 0 Å². The third-order valence-electron chi connectivity index (χ3n) is 3.83. The maximum atomic E-state index is 11.5. The molecule has 1 heterocycles. The second kappa shape index (κ2) is 25.8. The van der Waals surface area contributed by atoms with Crippen LogP contribution in [-0.2, 0) is 24.0 Å². The van der Waals surface area contributed by atoms with Gasteiger partial charge in [-0.1, -0.05) is 0 Å². The van der Waals surface area contributed by atoms with Gasteiger partial charge in [0.25, 0.3) is 11.1 Å². The number of hydrogen-bond donors (Lipinski definition) is 11. The van der Waals surface area contributed by atoms with Gasteiger partial charge in [-0.05, 0) is 0 Å². The molecule has 0 aliphatic carbocycles. The summed E-state index contributed by atoms with van der Waals surface area (Å²) in [6.07, 6.45) is -2.33. The molecule has 1 fully saturated rings. The van der Waals surface area contributed by atoms with Crippen molar-refractivity contribution in [3.05, 3.63) is 0 Å². The lowest BCUT2D eigenvalue weighted by molar-refractivity contribution is -0.195. The Morgan fingerprint density at radius 1 is 0.615 bits per heavy atom. The number of carboxylic acid groups (broad SMARTS) is 6. The number of carbonyl (C=O) groups is 6. The fourth-order valence-corrected chi connectivity index (χ4v) is 2.46. The van der Waals surface area contributed by atoms with Gasteiger partial charge in [-0.25, -0.2) is 24.0 Å². The van der Waals surface area contributed by atoms with Crippen LogP contribution in [-0.4, -0.2) is 160 Å². The van der Waals surface area contributed by atoms with Crippen molar-refractivity contribution in [3.8, 4) is 0 Å². The maximum absolute atomic E-state index is 11.5. The van der Waals surface area contributed by atoms with Crippen molar-refractivity contribution >= 4 is 35.9 Å². The van der Waals surface area contributed by atoms with Crippen molar-refractivity contribution in [2.45, 2.75) is 17.1 Å². The van der Waals surface area contributed by atoms with E-state index in [0.29, 0.717) is 26.2 Å². The normalized spacial score (nSPS) is 14.8. The highest BCUT2D eigenvalue weighted by Crippen LogP contribution is 2.36. The minimum Gasteiger partial charge on any atom is -0.480 e. The second-order valence-electron chi connectivity index (χ2n) is 5.76. The van der Waals surface area contributed by atoms with E-state index in [1.54, 1.807) is 0 Å². The molecule has 0 aromatic heterocycles. The zero-order valence-corrected chi connectivity index (χ0v) is 20.0. The standard InChI is InChI=1S/C10H10N2O12.2C2H8N2.7H2O/c13-3(14)2-1-12(8(23)24)10(6(19)20,7(21)22)9(11-2,4(15)16)5(17)18;2*3-1-2-4;;;;;;;/h2,11H,1H2,(H,13,14)(H,15,16)(H,17,18)(H,19,20)(H,21,22)(H,23,24);2*1-4H2;7*1H2. The third-order valence-corrected chi connectivity index (χ3v) is 3.83. The zero-order chi connectivity index (χ0) is 25.9. The largest absolute Gasteiger partial charge is 0.480 e. The Balaban J connectivity index is -0.0000000759. The molecule has 1 amide bonds. The fraction of sp³-hybridized carbons (Fsp3) is 0.571. The predicted molar refractivity (Wildman–Crippen MR) is 127 cm³/mol. The molecule has 0 bridgehead atoms. The average Bonchev–Trinajstić information content (AvgIpc) is 2.71. The molecule has 1 aliphatic heterocycles. The average molecular weight is 596 g/mol. The monoisotopic (exact) mass is 596 g/mol. The quantitative estimate of drug-likeness (QED) is 0.121. The van der Waals surface area contributed by atoms with E-state index in [0.717, 1.165) is 0 Å². The van der Waals surface area contributed by atoms with E-state index in [1.165, 1.54) is 5.32 Å². The zero-order valence-electron chi connectivity index (χ0n) is 20.0. The first-order chi connectivity index (χ1) is 14.7. The Morgan fingerprint density at radius 3 is 1.05 bits per heavy atom. The minimum absolute atomic E-state index is 0. The maximum Gasteiger partial charge on any atom is 0.408 e. The summed E-state index contributed by atoms with van der Waals surface area (Å²) in [6, 6.07) is -2.19. The summed E-state index contributed by atoms with van der Waals surface area (Å²) in [5.74, 6) is -12.4. The van der Waals surface area contributed by atoms with Gasteiger partial charge in [0.15, 0.2) is 0 Å². The molecule has 0 saturated carbocycles. The number of nitrogens with zero attached hydrogens (tertiary/aromatic N) is 1. The van der Waals surface area contributed by atoms with E-state index in [4.69, 9.17) is 33.1 Å². The van der Waals surface area contributed by atoms with E-state index in [1.807, 2.05) is 0 Å². The summed E-state index contributed by atoms with van der Waals surface area (Å²) in [5, 5.41) is 56.3. The number of hydrogen-bond acceptors (Lipinski definition) is 11. The molecule has 240 valence electrons. The number of nitrogens with two attached hydrogens (primary N) is 4. The number of rotatable bonds is 7. The summed E-state index contributed by atoms with van der Waals surface area (Å²) >= 11 is 0. The van der Waals surface area contributed by atoms with E-state index < -0.39 is 64.5 Å². The van der Waals surface area contributed by atoms with Crippen LogP contribution in [0.4, 0.5) is 4.79 Å². The van der Waals surface area contributed by atoms with Gasteiger partial charge >= 0.3 is 35.9 Å². The fourth-order valence-electron chi connectivity index (χ4n) is 2.46. The summed E-state index contributed by atoms with van der Waals surface area (Å²) in [7, 11) is 0.